The molecule has 1 atom stereocenters. The van der Waals surface area contributed by atoms with Crippen molar-refractivity contribution in [3.8, 4) is 44.5 Å². The molecule has 2 heteroatoms. The molecule has 1 spiro atoms. The van der Waals surface area contributed by atoms with Gasteiger partial charge < -0.3 is 9.80 Å². The van der Waals surface area contributed by atoms with Crippen molar-refractivity contribution in [3.63, 3.8) is 0 Å². The van der Waals surface area contributed by atoms with Gasteiger partial charge in [0.2, 0.25) is 0 Å². The summed E-state index contributed by atoms with van der Waals surface area (Å²) in [4.78, 5) is 4.97. The maximum atomic E-state index is 2.52. The van der Waals surface area contributed by atoms with E-state index >= 15 is 0 Å². The first-order valence-corrected chi connectivity index (χ1v) is 26.2. The fraction of sp³-hybridized carbons (Fsp3) is 0.0685. The topological polar surface area (TPSA) is 6.48 Å². The number of para-hydroxylation sites is 1. The first kappa shape index (κ1) is 44.5. The highest BCUT2D eigenvalue weighted by molar-refractivity contribution is 6.08. The van der Waals surface area contributed by atoms with Crippen molar-refractivity contribution in [1.29, 1.82) is 0 Å². The van der Waals surface area contributed by atoms with Crippen molar-refractivity contribution in [2.45, 2.75) is 31.6 Å². The summed E-state index contributed by atoms with van der Waals surface area (Å²) in [5, 5.41) is 4.97. The first-order valence-electron chi connectivity index (χ1n) is 26.2. The van der Waals surface area contributed by atoms with Gasteiger partial charge in [0.1, 0.15) is 0 Å². The molecule has 2 aliphatic rings. The van der Waals surface area contributed by atoms with Gasteiger partial charge >= 0.3 is 0 Å². The minimum atomic E-state index is -0.530. The largest absolute Gasteiger partial charge is 0.310 e. The number of benzene rings is 12. The summed E-state index contributed by atoms with van der Waals surface area (Å²) in [6, 6.07) is 102. The zero-order chi connectivity index (χ0) is 50.3. The van der Waals surface area contributed by atoms with Gasteiger partial charge in [0.05, 0.1) is 11.1 Å². The van der Waals surface area contributed by atoms with Crippen LogP contribution in [0.3, 0.4) is 0 Å². The highest BCUT2D eigenvalue weighted by Crippen LogP contribution is 2.65. The number of hydrogen-bond acceptors (Lipinski definition) is 2. The molecule has 0 saturated heterocycles. The van der Waals surface area contributed by atoms with Gasteiger partial charge in [-0.3, -0.25) is 0 Å². The van der Waals surface area contributed by atoms with Crippen LogP contribution in [0.4, 0.5) is 34.1 Å². The molecule has 0 radical (unpaired) electrons. The maximum Gasteiger partial charge on any atom is 0.0726 e. The Morgan fingerprint density at radius 1 is 0.293 bits per heavy atom. The number of hydrogen-bond donors (Lipinski definition) is 0. The van der Waals surface area contributed by atoms with Crippen molar-refractivity contribution >= 4 is 55.7 Å². The van der Waals surface area contributed by atoms with E-state index in [1.54, 1.807) is 0 Å². The fourth-order valence-corrected chi connectivity index (χ4v) is 12.6. The van der Waals surface area contributed by atoms with Crippen LogP contribution >= 0.6 is 0 Å². The monoisotopic (exact) mass is 958 g/mol. The van der Waals surface area contributed by atoms with E-state index in [0.717, 1.165) is 39.7 Å². The molecule has 75 heavy (non-hydrogen) atoms. The molecule has 0 N–H and O–H groups in total. The van der Waals surface area contributed by atoms with Gasteiger partial charge in [-0.05, 0) is 154 Å². The van der Waals surface area contributed by atoms with Crippen LogP contribution in [-0.2, 0) is 10.8 Å². The predicted octanol–water partition coefficient (Wildman–Crippen LogP) is 19.9. The van der Waals surface area contributed by atoms with Gasteiger partial charge in [-0.15, -0.1) is 0 Å². The van der Waals surface area contributed by atoms with Crippen molar-refractivity contribution < 1.29 is 0 Å². The standard InChI is InChI=1S/C73H54N2/c1-72(2,3)54-39-43-57(44-40-54)74(56-41-36-50(37-42-56)49-20-6-4-7-21-49)58-46-53(61-31-18-24-51-22-10-12-27-60(51)61)47-59(48-58)75(55-25-8-5-9-26-55)69-35-19-34-67-71(69)64-30-15-17-33-66(64)73(67)65-32-16-14-29-63(65)70-62-28-13-11-23-52(62)38-45-68(70)73/h4-48H,1-3H3. The lowest BCUT2D eigenvalue weighted by Gasteiger charge is -2.33. The minimum Gasteiger partial charge on any atom is -0.310 e. The van der Waals surface area contributed by atoms with Gasteiger partial charge in [0.15, 0.2) is 0 Å². The van der Waals surface area contributed by atoms with Gasteiger partial charge in [-0.2, -0.15) is 0 Å². The van der Waals surface area contributed by atoms with E-state index in [4.69, 9.17) is 0 Å². The lowest BCUT2D eigenvalue weighted by Crippen LogP contribution is -2.26. The summed E-state index contributed by atoms with van der Waals surface area (Å²) >= 11 is 0. The number of fused-ring (bicyclic) bond motifs is 13. The minimum absolute atomic E-state index is 0.00190. The average Bonchev–Trinajstić information content (AvgIpc) is 4.03. The maximum absolute atomic E-state index is 2.52. The summed E-state index contributed by atoms with van der Waals surface area (Å²) in [5.41, 5.74) is 22.4. The third-order valence-corrected chi connectivity index (χ3v) is 16.0. The highest BCUT2D eigenvalue weighted by Gasteiger charge is 2.53. The molecule has 2 aliphatic carbocycles. The molecule has 0 aromatic heterocycles. The Labute approximate surface area is 440 Å². The van der Waals surface area contributed by atoms with Gasteiger partial charge in [-0.25, -0.2) is 0 Å². The number of rotatable bonds is 8. The molecule has 12 aromatic rings. The van der Waals surface area contributed by atoms with E-state index in [-0.39, 0.29) is 5.41 Å². The molecular formula is C73H54N2. The van der Waals surface area contributed by atoms with Gasteiger partial charge in [0.25, 0.3) is 0 Å². The summed E-state index contributed by atoms with van der Waals surface area (Å²) in [6.45, 7) is 6.85. The average molecular weight is 959 g/mol. The molecule has 0 fully saturated rings. The fourth-order valence-electron chi connectivity index (χ4n) is 12.6. The number of nitrogens with zero attached hydrogens (tertiary/aromatic N) is 2. The molecule has 1 unspecified atom stereocenters. The summed E-state index contributed by atoms with van der Waals surface area (Å²) in [6.07, 6.45) is 0. The molecule has 0 bridgehead atoms. The van der Waals surface area contributed by atoms with Crippen LogP contribution in [0.15, 0.2) is 273 Å². The first-order chi connectivity index (χ1) is 36.8. The Morgan fingerprint density at radius 3 is 1.47 bits per heavy atom. The molecule has 12 aromatic carbocycles. The Bertz CT molecular complexity index is 4140. The molecule has 0 heterocycles. The molecule has 0 saturated carbocycles. The molecular weight excluding hydrogens is 905 g/mol. The van der Waals surface area contributed by atoms with E-state index in [9.17, 15) is 0 Å². The second kappa shape index (κ2) is 17.5. The Kier molecular flexibility index (Phi) is 10.4. The van der Waals surface area contributed by atoms with Crippen LogP contribution in [-0.4, -0.2) is 0 Å². The van der Waals surface area contributed by atoms with Gasteiger partial charge in [0, 0.05) is 34.0 Å². The van der Waals surface area contributed by atoms with Crippen LogP contribution < -0.4 is 9.80 Å². The second-order valence-corrected chi connectivity index (χ2v) is 21.2. The van der Waals surface area contributed by atoms with Gasteiger partial charge in [-0.1, -0.05) is 233 Å². The lowest BCUT2D eigenvalue weighted by atomic mass is 9.70. The molecule has 0 amide bonds. The van der Waals surface area contributed by atoms with E-state index < -0.39 is 5.41 Å². The van der Waals surface area contributed by atoms with Crippen LogP contribution in [0.25, 0.3) is 66.1 Å². The third kappa shape index (κ3) is 7.08. The Balaban J connectivity index is 1.05. The zero-order valence-corrected chi connectivity index (χ0v) is 42.4. The SMILES string of the molecule is CC(C)(C)c1ccc(N(c2ccc(-c3ccccc3)cc2)c2cc(-c3cccc4ccccc34)cc(N(c3ccccc3)c3cccc4c3-c3ccccc3C43c4ccccc4-c4c3ccc3ccccc43)c2)cc1. The van der Waals surface area contributed by atoms with Crippen LogP contribution in [0.1, 0.15) is 48.6 Å². The lowest BCUT2D eigenvalue weighted by molar-refractivity contribution is 0.590. The third-order valence-electron chi connectivity index (χ3n) is 16.0. The normalized spacial score (nSPS) is 14.1. The summed E-state index contributed by atoms with van der Waals surface area (Å²) in [7, 11) is 0. The van der Waals surface area contributed by atoms with E-state index in [1.165, 1.54) is 88.3 Å². The Morgan fingerprint density at radius 2 is 0.773 bits per heavy atom. The van der Waals surface area contributed by atoms with E-state index in [0.29, 0.717) is 0 Å². The molecule has 14 rings (SSSR count). The summed E-state index contributed by atoms with van der Waals surface area (Å²) < 4.78 is 0. The smallest absolute Gasteiger partial charge is 0.0726 e. The molecule has 356 valence electrons. The van der Waals surface area contributed by atoms with E-state index in [2.05, 4.69) is 304 Å². The van der Waals surface area contributed by atoms with Crippen LogP contribution in [0.2, 0.25) is 0 Å². The van der Waals surface area contributed by atoms with Crippen molar-refractivity contribution in [2.24, 2.45) is 0 Å². The van der Waals surface area contributed by atoms with Crippen molar-refractivity contribution in [1.82, 2.24) is 0 Å². The Hall–Kier alpha value is -9.24. The van der Waals surface area contributed by atoms with Crippen molar-refractivity contribution in [3.05, 3.63) is 301 Å². The summed E-state index contributed by atoms with van der Waals surface area (Å²) in [5.74, 6) is 0. The predicted molar refractivity (Wildman–Crippen MR) is 317 cm³/mol. The highest BCUT2D eigenvalue weighted by atomic mass is 15.2. The second-order valence-electron chi connectivity index (χ2n) is 21.2. The van der Waals surface area contributed by atoms with Crippen LogP contribution in [0, 0.1) is 0 Å². The molecule has 0 aliphatic heterocycles. The zero-order valence-electron chi connectivity index (χ0n) is 42.4. The quantitative estimate of drug-likeness (QED) is 0.150. The number of anilines is 6. The molecule has 2 nitrogen and oxygen atoms in total. The van der Waals surface area contributed by atoms with Crippen molar-refractivity contribution in [2.75, 3.05) is 9.80 Å². The van der Waals surface area contributed by atoms with Crippen LogP contribution in [0.5, 0.6) is 0 Å². The van der Waals surface area contributed by atoms with E-state index in [1.807, 2.05) is 0 Å².